The Morgan fingerprint density at radius 1 is 1.20 bits per heavy atom. The molecule has 138 valence electrons. The molecular formula is C15H19NO8S. The minimum absolute atomic E-state index is 0.0415. The number of hydrogen-bond acceptors (Lipinski definition) is 8. The summed E-state index contributed by atoms with van der Waals surface area (Å²) in [5, 5.41) is 10.6. The van der Waals surface area contributed by atoms with Gasteiger partial charge in [0.1, 0.15) is 6.10 Å². The first-order chi connectivity index (χ1) is 11.7. The molecule has 0 saturated carbocycles. The van der Waals surface area contributed by atoms with Crippen LogP contribution in [0.25, 0.3) is 0 Å². The molecule has 0 amide bonds. The van der Waals surface area contributed by atoms with Gasteiger partial charge in [-0.25, -0.2) is 0 Å². The smallest absolute Gasteiger partial charge is 0.308 e. The highest BCUT2D eigenvalue weighted by molar-refractivity contribution is 7.86. The first kappa shape index (κ1) is 20.7. The SMILES string of the molecule is CCCC(=O)C(CC(=O)OCC)OS(=O)(=O)c1ccc([N+](=O)[O-])cc1. The molecule has 0 aliphatic carbocycles. The summed E-state index contributed by atoms with van der Waals surface area (Å²) in [6.07, 6.45) is -1.53. The highest BCUT2D eigenvalue weighted by atomic mass is 32.2. The van der Waals surface area contributed by atoms with E-state index < -0.39 is 39.3 Å². The predicted octanol–water partition coefficient (Wildman–Crippen LogP) is 1.99. The second-order valence-corrected chi connectivity index (χ2v) is 6.59. The molecule has 1 aromatic carbocycles. The van der Waals surface area contributed by atoms with Gasteiger partial charge in [-0.2, -0.15) is 8.42 Å². The van der Waals surface area contributed by atoms with Gasteiger partial charge < -0.3 is 4.74 Å². The molecule has 0 fully saturated rings. The van der Waals surface area contributed by atoms with Gasteiger partial charge in [-0.1, -0.05) is 6.92 Å². The molecule has 1 aromatic rings. The highest BCUT2D eigenvalue weighted by Crippen LogP contribution is 2.20. The van der Waals surface area contributed by atoms with Crippen LogP contribution in [0, 0.1) is 10.1 Å². The molecule has 0 aliphatic rings. The van der Waals surface area contributed by atoms with Crippen molar-refractivity contribution in [1.29, 1.82) is 0 Å². The third kappa shape index (κ3) is 6.24. The molecule has 0 bridgehead atoms. The van der Waals surface area contributed by atoms with Crippen molar-refractivity contribution < 1.29 is 31.9 Å². The van der Waals surface area contributed by atoms with E-state index in [9.17, 15) is 28.1 Å². The van der Waals surface area contributed by atoms with Gasteiger partial charge in [-0.05, 0) is 25.5 Å². The van der Waals surface area contributed by atoms with Crippen LogP contribution in [-0.2, 0) is 28.6 Å². The molecule has 1 atom stereocenters. The van der Waals surface area contributed by atoms with Crippen LogP contribution in [0.3, 0.4) is 0 Å². The van der Waals surface area contributed by atoms with Crippen LogP contribution < -0.4 is 0 Å². The number of carbonyl (C=O) groups excluding carboxylic acids is 2. The fourth-order valence-corrected chi connectivity index (χ4v) is 2.98. The average Bonchev–Trinajstić information content (AvgIpc) is 2.54. The van der Waals surface area contributed by atoms with Crippen LogP contribution in [0.4, 0.5) is 5.69 Å². The van der Waals surface area contributed by atoms with Gasteiger partial charge in [0.25, 0.3) is 15.8 Å². The van der Waals surface area contributed by atoms with Gasteiger partial charge in [0.2, 0.25) is 0 Å². The molecule has 0 radical (unpaired) electrons. The number of non-ortho nitro benzene ring substituents is 1. The normalized spacial score (nSPS) is 12.4. The Bertz CT molecular complexity index is 726. The maximum absolute atomic E-state index is 12.3. The number of ketones is 1. The van der Waals surface area contributed by atoms with Gasteiger partial charge in [-0.3, -0.25) is 23.9 Å². The lowest BCUT2D eigenvalue weighted by Crippen LogP contribution is -2.30. The van der Waals surface area contributed by atoms with Crippen LogP contribution >= 0.6 is 0 Å². The van der Waals surface area contributed by atoms with E-state index in [0.29, 0.717) is 6.42 Å². The summed E-state index contributed by atoms with van der Waals surface area (Å²) in [6, 6.07) is 4.01. The molecule has 0 saturated heterocycles. The predicted molar refractivity (Wildman–Crippen MR) is 86.3 cm³/mol. The van der Waals surface area contributed by atoms with Crippen molar-refractivity contribution in [3.63, 3.8) is 0 Å². The number of benzene rings is 1. The van der Waals surface area contributed by atoms with Crippen LogP contribution in [0.5, 0.6) is 0 Å². The third-order valence-electron chi connectivity index (χ3n) is 3.09. The van der Waals surface area contributed by atoms with Crippen LogP contribution in [0.1, 0.15) is 33.1 Å². The molecule has 0 heterocycles. The average molecular weight is 373 g/mol. The second kappa shape index (κ2) is 9.23. The maximum Gasteiger partial charge on any atom is 0.308 e. The van der Waals surface area contributed by atoms with E-state index in [1.54, 1.807) is 13.8 Å². The third-order valence-corrected chi connectivity index (χ3v) is 4.43. The molecule has 9 nitrogen and oxygen atoms in total. The fraction of sp³-hybridized carbons (Fsp3) is 0.467. The Morgan fingerprint density at radius 3 is 2.28 bits per heavy atom. The molecule has 0 N–H and O–H groups in total. The van der Waals surface area contributed by atoms with Gasteiger partial charge >= 0.3 is 5.97 Å². The van der Waals surface area contributed by atoms with Crippen molar-refractivity contribution in [3.8, 4) is 0 Å². The number of rotatable bonds is 10. The summed E-state index contributed by atoms with van der Waals surface area (Å²) in [5.41, 5.74) is -0.288. The Balaban J connectivity index is 3.01. The standard InChI is InChI=1S/C15H19NO8S/c1-3-5-13(17)14(10-15(18)23-4-2)24-25(21,22)12-8-6-11(7-9-12)16(19)20/h6-9,14H,3-5,10H2,1-2H3. The number of ether oxygens (including phenoxy) is 1. The van der Waals surface area contributed by atoms with Crippen molar-refractivity contribution in [2.75, 3.05) is 6.61 Å². The summed E-state index contributed by atoms with van der Waals surface area (Å²) in [5.74, 6) is -1.29. The number of nitrogens with zero attached hydrogens (tertiary/aromatic N) is 1. The van der Waals surface area contributed by atoms with Crippen LogP contribution in [0.2, 0.25) is 0 Å². The molecule has 0 spiro atoms. The molecule has 1 rings (SSSR count). The van der Waals surface area contributed by atoms with Crippen molar-refractivity contribution in [2.24, 2.45) is 0 Å². The van der Waals surface area contributed by atoms with E-state index in [-0.39, 0.29) is 23.6 Å². The lowest BCUT2D eigenvalue weighted by atomic mass is 10.1. The summed E-state index contributed by atoms with van der Waals surface area (Å²) in [4.78, 5) is 33.2. The molecular weight excluding hydrogens is 354 g/mol. The Hall–Kier alpha value is -2.33. The van der Waals surface area contributed by atoms with Crippen LogP contribution in [0.15, 0.2) is 29.2 Å². The quantitative estimate of drug-likeness (QED) is 0.263. The number of hydrogen-bond donors (Lipinski definition) is 0. The monoisotopic (exact) mass is 373 g/mol. The van der Waals surface area contributed by atoms with E-state index in [1.165, 1.54) is 0 Å². The molecule has 10 heteroatoms. The highest BCUT2D eigenvalue weighted by Gasteiger charge is 2.29. The minimum atomic E-state index is -4.38. The summed E-state index contributed by atoms with van der Waals surface area (Å²) >= 11 is 0. The number of carbonyl (C=O) groups is 2. The Kier molecular flexibility index (Phi) is 7.65. The summed E-state index contributed by atoms with van der Waals surface area (Å²) in [6.45, 7) is 3.39. The Labute approximate surface area is 145 Å². The largest absolute Gasteiger partial charge is 0.466 e. The number of esters is 1. The zero-order chi connectivity index (χ0) is 19.0. The first-order valence-corrected chi connectivity index (χ1v) is 8.98. The Morgan fingerprint density at radius 2 is 1.80 bits per heavy atom. The minimum Gasteiger partial charge on any atom is -0.466 e. The maximum atomic E-state index is 12.3. The van der Waals surface area contributed by atoms with E-state index >= 15 is 0 Å². The zero-order valence-electron chi connectivity index (χ0n) is 13.8. The second-order valence-electron chi connectivity index (χ2n) is 5.02. The molecule has 0 aromatic heterocycles. The molecule has 0 aliphatic heterocycles. The van der Waals surface area contributed by atoms with Crippen molar-refractivity contribution in [3.05, 3.63) is 34.4 Å². The van der Waals surface area contributed by atoms with Gasteiger partial charge in [-0.15, -0.1) is 0 Å². The first-order valence-electron chi connectivity index (χ1n) is 7.57. The van der Waals surface area contributed by atoms with Gasteiger partial charge in [0.05, 0.1) is 22.8 Å². The number of nitro groups is 1. The topological polar surface area (TPSA) is 130 Å². The van der Waals surface area contributed by atoms with E-state index in [2.05, 4.69) is 0 Å². The van der Waals surface area contributed by atoms with Crippen molar-refractivity contribution >= 4 is 27.6 Å². The van der Waals surface area contributed by atoms with E-state index in [1.807, 2.05) is 0 Å². The van der Waals surface area contributed by atoms with Gasteiger partial charge in [0.15, 0.2) is 5.78 Å². The summed E-state index contributed by atoms with van der Waals surface area (Å²) in [7, 11) is -4.38. The van der Waals surface area contributed by atoms with E-state index in [4.69, 9.17) is 8.92 Å². The summed E-state index contributed by atoms with van der Waals surface area (Å²) < 4.78 is 34.2. The fourth-order valence-electron chi connectivity index (χ4n) is 1.92. The lowest BCUT2D eigenvalue weighted by molar-refractivity contribution is -0.384. The lowest BCUT2D eigenvalue weighted by Gasteiger charge is -2.15. The van der Waals surface area contributed by atoms with Crippen molar-refractivity contribution in [2.45, 2.75) is 44.1 Å². The zero-order valence-corrected chi connectivity index (χ0v) is 14.7. The molecule has 25 heavy (non-hydrogen) atoms. The van der Waals surface area contributed by atoms with E-state index in [0.717, 1.165) is 24.3 Å². The number of nitro benzene ring substituents is 1. The molecule has 1 unspecified atom stereocenters. The number of Topliss-reactive ketones (excluding diaryl/α,β-unsaturated/α-hetero) is 1. The van der Waals surface area contributed by atoms with Crippen LogP contribution in [-0.4, -0.2) is 37.8 Å². The van der Waals surface area contributed by atoms with Gasteiger partial charge in [0, 0.05) is 18.6 Å². The van der Waals surface area contributed by atoms with Crippen molar-refractivity contribution in [1.82, 2.24) is 0 Å².